The highest BCUT2D eigenvalue weighted by Crippen LogP contribution is 2.25. The Morgan fingerprint density at radius 2 is 2.07 bits per heavy atom. The van der Waals surface area contributed by atoms with E-state index in [2.05, 4.69) is 24.3 Å². The molecule has 0 spiro atoms. The number of likely N-dealkylation sites (tertiary alicyclic amines) is 1. The summed E-state index contributed by atoms with van der Waals surface area (Å²) in [6.45, 7) is 1.81. The Hall–Kier alpha value is -1.31. The van der Waals surface area contributed by atoms with Gasteiger partial charge in [-0.05, 0) is 18.4 Å². The van der Waals surface area contributed by atoms with E-state index < -0.39 is 0 Å². The molecule has 1 aromatic carbocycles. The van der Waals surface area contributed by atoms with Crippen molar-refractivity contribution in [1.29, 1.82) is 0 Å². The van der Waals surface area contributed by atoms with Gasteiger partial charge in [-0.25, -0.2) is 0 Å². The third-order valence-electron chi connectivity index (χ3n) is 2.87. The highest BCUT2D eigenvalue weighted by molar-refractivity contribution is 5.47. The van der Waals surface area contributed by atoms with Crippen LogP contribution in [0.3, 0.4) is 0 Å². The molecule has 0 N–H and O–H groups in total. The average molecular weight is 189 g/mol. The van der Waals surface area contributed by atoms with Gasteiger partial charge in [0.25, 0.3) is 0 Å². The fourth-order valence-corrected chi connectivity index (χ4v) is 2.10. The second-order valence-electron chi connectivity index (χ2n) is 3.85. The Kier molecular flexibility index (Phi) is 2.82. The van der Waals surface area contributed by atoms with Gasteiger partial charge < -0.3 is 4.90 Å². The fraction of sp³-hybridized carbons (Fsp3) is 0.417. The van der Waals surface area contributed by atoms with Crippen molar-refractivity contribution in [2.24, 2.45) is 0 Å². The zero-order valence-corrected chi connectivity index (χ0v) is 8.23. The maximum atomic E-state index is 10.7. The van der Waals surface area contributed by atoms with Crippen LogP contribution in [0.2, 0.25) is 0 Å². The van der Waals surface area contributed by atoms with Gasteiger partial charge in [-0.15, -0.1) is 0 Å². The number of carbonyl (C=O) groups is 1. The van der Waals surface area contributed by atoms with Gasteiger partial charge in [0, 0.05) is 19.0 Å². The van der Waals surface area contributed by atoms with Crippen molar-refractivity contribution in [2.75, 3.05) is 13.1 Å². The SMILES string of the molecule is O=CN1CCCC(c2ccccc2)C1. The average Bonchev–Trinajstić information content (AvgIpc) is 2.30. The van der Waals surface area contributed by atoms with Crippen LogP contribution in [0.15, 0.2) is 30.3 Å². The molecule has 1 fully saturated rings. The maximum absolute atomic E-state index is 10.7. The molecule has 1 aromatic rings. The van der Waals surface area contributed by atoms with Gasteiger partial charge in [-0.1, -0.05) is 30.3 Å². The fourth-order valence-electron chi connectivity index (χ4n) is 2.10. The molecule has 0 aliphatic carbocycles. The van der Waals surface area contributed by atoms with Crippen molar-refractivity contribution in [3.63, 3.8) is 0 Å². The first-order valence-corrected chi connectivity index (χ1v) is 5.14. The normalized spacial score (nSPS) is 22.0. The molecule has 0 radical (unpaired) electrons. The van der Waals surface area contributed by atoms with E-state index in [0.717, 1.165) is 25.9 Å². The number of hydrogen-bond donors (Lipinski definition) is 0. The molecule has 1 saturated heterocycles. The van der Waals surface area contributed by atoms with Crippen LogP contribution in [-0.4, -0.2) is 24.4 Å². The molecule has 1 aliphatic heterocycles. The van der Waals surface area contributed by atoms with E-state index in [9.17, 15) is 4.79 Å². The molecule has 2 nitrogen and oxygen atoms in total. The van der Waals surface area contributed by atoms with Gasteiger partial charge in [0.2, 0.25) is 6.41 Å². The minimum atomic E-state index is 0.537. The first-order valence-electron chi connectivity index (χ1n) is 5.14. The highest BCUT2D eigenvalue weighted by atomic mass is 16.1. The van der Waals surface area contributed by atoms with Crippen LogP contribution in [0.25, 0.3) is 0 Å². The van der Waals surface area contributed by atoms with Crippen molar-refractivity contribution in [3.8, 4) is 0 Å². The predicted octanol–water partition coefficient (Wildman–Crippen LogP) is 2.02. The molecule has 1 amide bonds. The molecular formula is C12H15NO. The van der Waals surface area contributed by atoms with Crippen molar-refractivity contribution >= 4 is 6.41 Å². The lowest BCUT2D eigenvalue weighted by Crippen LogP contribution is -2.33. The van der Waals surface area contributed by atoms with Crippen molar-refractivity contribution in [2.45, 2.75) is 18.8 Å². The number of piperidine rings is 1. The van der Waals surface area contributed by atoms with Gasteiger partial charge in [0.1, 0.15) is 0 Å². The Labute approximate surface area is 84.5 Å². The highest BCUT2D eigenvalue weighted by Gasteiger charge is 2.19. The van der Waals surface area contributed by atoms with E-state index in [0.29, 0.717) is 5.92 Å². The van der Waals surface area contributed by atoms with Crippen LogP contribution in [-0.2, 0) is 4.79 Å². The Morgan fingerprint density at radius 3 is 2.79 bits per heavy atom. The molecule has 1 aliphatic rings. The third-order valence-corrected chi connectivity index (χ3v) is 2.87. The molecule has 1 unspecified atom stereocenters. The monoisotopic (exact) mass is 189 g/mol. The van der Waals surface area contributed by atoms with E-state index in [4.69, 9.17) is 0 Å². The van der Waals surface area contributed by atoms with Crippen LogP contribution >= 0.6 is 0 Å². The van der Waals surface area contributed by atoms with Crippen molar-refractivity contribution < 1.29 is 4.79 Å². The standard InChI is InChI=1S/C12H15NO/c14-10-13-8-4-7-12(9-13)11-5-2-1-3-6-11/h1-3,5-6,10,12H,4,7-9H2. The summed E-state index contributed by atoms with van der Waals surface area (Å²) in [5.41, 5.74) is 1.36. The Balaban J connectivity index is 2.08. The topological polar surface area (TPSA) is 20.3 Å². The minimum absolute atomic E-state index is 0.537. The molecule has 74 valence electrons. The summed E-state index contributed by atoms with van der Waals surface area (Å²) in [5.74, 6) is 0.537. The summed E-state index contributed by atoms with van der Waals surface area (Å²) in [4.78, 5) is 12.5. The maximum Gasteiger partial charge on any atom is 0.209 e. The van der Waals surface area contributed by atoms with Crippen LogP contribution in [0.1, 0.15) is 24.3 Å². The molecular weight excluding hydrogens is 174 g/mol. The summed E-state index contributed by atoms with van der Waals surface area (Å²) < 4.78 is 0. The molecule has 0 aromatic heterocycles. The van der Waals surface area contributed by atoms with Gasteiger partial charge in [-0.2, -0.15) is 0 Å². The number of benzene rings is 1. The van der Waals surface area contributed by atoms with E-state index >= 15 is 0 Å². The Bertz CT molecular complexity index is 296. The first-order chi connectivity index (χ1) is 6.90. The van der Waals surface area contributed by atoms with Crippen LogP contribution in [0, 0.1) is 0 Å². The second-order valence-corrected chi connectivity index (χ2v) is 3.85. The van der Waals surface area contributed by atoms with E-state index in [1.54, 1.807) is 0 Å². The lowest BCUT2D eigenvalue weighted by Gasteiger charge is -2.30. The molecule has 2 rings (SSSR count). The van der Waals surface area contributed by atoms with Crippen molar-refractivity contribution in [1.82, 2.24) is 4.90 Å². The van der Waals surface area contributed by atoms with Crippen molar-refractivity contribution in [3.05, 3.63) is 35.9 Å². The summed E-state index contributed by atoms with van der Waals surface area (Å²) in [7, 11) is 0. The molecule has 0 bridgehead atoms. The number of hydrogen-bond acceptors (Lipinski definition) is 1. The first kappa shape index (κ1) is 9.25. The van der Waals surface area contributed by atoms with E-state index in [1.807, 2.05) is 11.0 Å². The third kappa shape index (κ3) is 1.95. The number of amides is 1. The summed E-state index contributed by atoms with van der Waals surface area (Å²) in [6, 6.07) is 10.5. The number of nitrogens with zero attached hydrogens (tertiary/aromatic N) is 1. The zero-order valence-electron chi connectivity index (χ0n) is 8.23. The molecule has 2 heteroatoms. The Morgan fingerprint density at radius 1 is 1.29 bits per heavy atom. The van der Waals surface area contributed by atoms with Gasteiger partial charge in [0.15, 0.2) is 0 Å². The summed E-state index contributed by atoms with van der Waals surface area (Å²) in [5, 5.41) is 0. The predicted molar refractivity (Wildman–Crippen MR) is 56.1 cm³/mol. The smallest absolute Gasteiger partial charge is 0.209 e. The van der Waals surface area contributed by atoms with E-state index in [-0.39, 0.29) is 0 Å². The number of carbonyl (C=O) groups excluding carboxylic acids is 1. The second kappa shape index (κ2) is 4.27. The lowest BCUT2D eigenvalue weighted by molar-refractivity contribution is -0.119. The molecule has 14 heavy (non-hydrogen) atoms. The number of rotatable bonds is 2. The zero-order chi connectivity index (χ0) is 9.80. The van der Waals surface area contributed by atoms with Crippen LogP contribution in [0.4, 0.5) is 0 Å². The van der Waals surface area contributed by atoms with Crippen LogP contribution < -0.4 is 0 Å². The van der Waals surface area contributed by atoms with Gasteiger partial charge >= 0.3 is 0 Å². The van der Waals surface area contributed by atoms with E-state index in [1.165, 1.54) is 12.0 Å². The lowest BCUT2D eigenvalue weighted by atomic mass is 9.91. The minimum Gasteiger partial charge on any atom is -0.345 e. The van der Waals surface area contributed by atoms with Crippen LogP contribution in [0.5, 0.6) is 0 Å². The molecule has 1 heterocycles. The molecule has 1 atom stereocenters. The summed E-state index contributed by atoms with van der Waals surface area (Å²) in [6.07, 6.45) is 3.29. The van der Waals surface area contributed by atoms with Gasteiger partial charge in [-0.3, -0.25) is 4.79 Å². The summed E-state index contributed by atoms with van der Waals surface area (Å²) >= 11 is 0. The molecule has 0 saturated carbocycles. The quantitative estimate of drug-likeness (QED) is 0.652. The largest absolute Gasteiger partial charge is 0.345 e. The van der Waals surface area contributed by atoms with Gasteiger partial charge in [0.05, 0.1) is 0 Å².